The van der Waals surface area contributed by atoms with Crippen molar-refractivity contribution in [2.24, 2.45) is 0 Å². The molecular formula is C7H9KO2S2. The maximum Gasteiger partial charge on any atom is 1.00 e. The largest absolute Gasteiger partial charge is 1.00 e. The number of rotatable bonds is 1. The van der Waals surface area contributed by atoms with Gasteiger partial charge in [0, 0.05) is 11.2 Å². The Morgan fingerprint density at radius 1 is 1.42 bits per heavy atom. The summed E-state index contributed by atoms with van der Waals surface area (Å²) in [6, 6.07) is 6.67. The number of benzene rings is 1. The molecule has 0 fully saturated rings. The number of hydrogen-bond acceptors (Lipinski definition) is 2. The molecule has 0 aliphatic heterocycles. The van der Waals surface area contributed by atoms with Gasteiger partial charge >= 0.3 is 51.4 Å². The van der Waals surface area contributed by atoms with E-state index in [1.807, 2.05) is 6.92 Å². The normalized spacial score (nSPS) is 14.5. The Morgan fingerprint density at radius 3 is 2.17 bits per heavy atom. The molecule has 0 saturated heterocycles. The summed E-state index contributed by atoms with van der Waals surface area (Å²) in [5.41, 5.74) is 1.05. The van der Waals surface area contributed by atoms with Gasteiger partial charge in [0.1, 0.15) is 0 Å². The van der Waals surface area contributed by atoms with E-state index in [0.29, 0.717) is 4.90 Å². The summed E-state index contributed by atoms with van der Waals surface area (Å²) in [4.78, 5) is 0.304. The summed E-state index contributed by atoms with van der Waals surface area (Å²) in [6.45, 7) is 1.91. The van der Waals surface area contributed by atoms with Crippen LogP contribution in [-0.4, -0.2) is 8.76 Å². The summed E-state index contributed by atoms with van der Waals surface area (Å²) in [6.07, 6.45) is 0. The average molecular weight is 228 g/mol. The van der Waals surface area contributed by atoms with Crippen LogP contribution in [-0.2, 0) is 20.0 Å². The fourth-order valence-electron chi connectivity index (χ4n) is 0.710. The fraction of sp³-hybridized carbons (Fsp3) is 0.143. The van der Waals surface area contributed by atoms with Crippen molar-refractivity contribution in [3.63, 3.8) is 0 Å². The first-order valence-corrected chi connectivity index (χ1v) is 5.48. The van der Waals surface area contributed by atoms with E-state index in [4.69, 9.17) is 4.55 Å². The molecule has 2 nitrogen and oxygen atoms in total. The quantitative estimate of drug-likeness (QED) is 0.607. The maximum absolute atomic E-state index is 10.9. The summed E-state index contributed by atoms with van der Waals surface area (Å²) >= 11 is 4.38. The van der Waals surface area contributed by atoms with Crippen molar-refractivity contribution in [3.05, 3.63) is 29.8 Å². The van der Waals surface area contributed by atoms with Crippen LogP contribution < -0.4 is 51.4 Å². The van der Waals surface area contributed by atoms with Gasteiger partial charge in [-0.05, 0) is 19.1 Å². The molecule has 1 rings (SSSR count). The molecule has 5 heteroatoms. The van der Waals surface area contributed by atoms with Gasteiger partial charge in [0.05, 0.1) is 4.90 Å². The van der Waals surface area contributed by atoms with E-state index >= 15 is 0 Å². The average Bonchev–Trinajstić information content (AvgIpc) is 1.86. The first-order chi connectivity index (χ1) is 5.00. The van der Waals surface area contributed by atoms with Crippen LogP contribution in [0.25, 0.3) is 0 Å². The second kappa shape index (κ2) is 5.16. The van der Waals surface area contributed by atoms with Crippen LogP contribution in [0.3, 0.4) is 0 Å². The third kappa shape index (κ3) is 3.93. The van der Waals surface area contributed by atoms with Crippen molar-refractivity contribution in [2.45, 2.75) is 11.8 Å². The predicted molar refractivity (Wildman–Crippen MR) is 48.7 cm³/mol. The van der Waals surface area contributed by atoms with Gasteiger partial charge in [-0.1, -0.05) is 17.7 Å². The van der Waals surface area contributed by atoms with E-state index in [-0.39, 0.29) is 52.8 Å². The van der Waals surface area contributed by atoms with Gasteiger partial charge in [-0.3, -0.25) is 0 Å². The molecule has 0 amide bonds. The SMILES string of the molecule is Cc1ccc(S(=O)(O)=S)cc1.[H-].[K+]. The Bertz CT molecular complexity index is 347. The molecular weight excluding hydrogens is 219 g/mol. The van der Waals surface area contributed by atoms with E-state index in [2.05, 4.69) is 11.2 Å². The Balaban J connectivity index is 0. The van der Waals surface area contributed by atoms with Crippen LogP contribution in [0, 0.1) is 6.92 Å². The Labute approximate surface area is 121 Å². The molecule has 0 bridgehead atoms. The van der Waals surface area contributed by atoms with Crippen LogP contribution in [0.15, 0.2) is 29.2 Å². The molecule has 0 spiro atoms. The van der Waals surface area contributed by atoms with Gasteiger partial charge in [-0.25, -0.2) is 4.21 Å². The maximum atomic E-state index is 10.9. The van der Waals surface area contributed by atoms with Crippen LogP contribution in [0.5, 0.6) is 0 Å². The number of aryl methyl sites for hydroxylation is 1. The van der Waals surface area contributed by atoms with Crippen molar-refractivity contribution in [1.82, 2.24) is 0 Å². The predicted octanol–water partition coefficient (Wildman–Crippen LogP) is -1.31. The Kier molecular flexibility index (Phi) is 5.67. The molecule has 62 valence electrons. The summed E-state index contributed by atoms with van der Waals surface area (Å²) < 4.78 is 19.8. The minimum Gasteiger partial charge on any atom is -1.00 e. The van der Waals surface area contributed by atoms with Crippen LogP contribution >= 0.6 is 0 Å². The van der Waals surface area contributed by atoms with Crippen molar-refractivity contribution >= 4 is 20.0 Å². The summed E-state index contributed by atoms with van der Waals surface area (Å²) in [5.74, 6) is 0. The molecule has 0 saturated carbocycles. The zero-order chi connectivity index (χ0) is 8.48. The molecule has 1 unspecified atom stereocenters. The van der Waals surface area contributed by atoms with Crippen LogP contribution in [0.2, 0.25) is 0 Å². The van der Waals surface area contributed by atoms with E-state index < -0.39 is 8.77 Å². The smallest absolute Gasteiger partial charge is 1.00 e. The fourth-order valence-corrected chi connectivity index (χ4v) is 1.52. The van der Waals surface area contributed by atoms with E-state index in [1.165, 1.54) is 0 Å². The standard InChI is InChI=1S/C7H8O2S2.K.H/c1-6-2-4-7(5-3-6)11(8,9)10;;/h2-5H,1H3,(H,8,9,10);;/q;+1;-1. The molecule has 1 N–H and O–H groups in total. The molecule has 0 aromatic heterocycles. The van der Waals surface area contributed by atoms with Gasteiger partial charge in [0.25, 0.3) is 0 Å². The molecule has 12 heavy (non-hydrogen) atoms. The molecule has 1 atom stereocenters. The molecule has 1 aromatic rings. The third-order valence-electron chi connectivity index (χ3n) is 1.32. The summed E-state index contributed by atoms with van der Waals surface area (Å²) in [5, 5.41) is 0. The van der Waals surface area contributed by atoms with Crippen molar-refractivity contribution in [1.29, 1.82) is 0 Å². The first kappa shape index (κ1) is 13.2. The second-order valence-corrected chi connectivity index (χ2v) is 5.07. The second-order valence-electron chi connectivity index (χ2n) is 2.29. The first-order valence-electron chi connectivity index (χ1n) is 3.04. The van der Waals surface area contributed by atoms with Gasteiger partial charge in [-0.15, -0.1) is 0 Å². The number of hydrogen-bond donors (Lipinski definition) is 1. The van der Waals surface area contributed by atoms with Crippen LogP contribution in [0.4, 0.5) is 0 Å². The minimum atomic E-state index is -3.19. The molecule has 0 heterocycles. The molecule has 0 radical (unpaired) electrons. The monoisotopic (exact) mass is 228 g/mol. The van der Waals surface area contributed by atoms with Crippen LogP contribution in [0.1, 0.15) is 6.99 Å². The van der Waals surface area contributed by atoms with Gasteiger partial charge in [0.15, 0.2) is 8.77 Å². The van der Waals surface area contributed by atoms with Gasteiger partial charge in [-0.2, -0.15) is 0 Å². The van der Waals surface area contributed by atoms with Crippen molar-refractivity contribution in [2.75, 3.05) is 0 Å². The summed E-state index contributed by atoms with van der Waals surface area (Å²) in [7, 11) is -3.19. The third-order valence-corrected chi connectivity index (χ3v) is 2.76. The van der Waals surface area contributed by atoms with E-state index in [1.54, 1.807) is 24.3 Å². The topological polar surface area (TPSA) is 37.3 Å². The molecule has 0 aliphatic rings. The zero-order valence-electron chi connectivity index (χ0n) is 7.98. The van der Waals surface area contributed by atoms with Gasteiger partial charge in [0.2, 0.25) is 0 Å². The van der Waals surface area contributed by atoms with E-state index in [0.717, 1.165) is 5.56 Å². The Morgan fingerprint density at radius 2 is 1.83 bits per heavy atom. The van der Waals surface area contributed by atoms with Crippen molar-refractivity contribution < 1.29 is 61.6 Å². The van der Waals surface area contributed by atoms with Gasteiger partial charge < -0.3 is 5.98 Å². The minimum absolute atomic E-state index is 0. The van der Waals surface area contributed by atoms with E-state index in [9.17, 15) is 4.21 Å². The zero-order valence-corrected chi connectivity index (χ0v) is 11.7. The molecule has 1 aromatic carbocycles. The van der Waals surface area contributed by atoms with Crippen molar-refractivity contribution in [3.8, 4) is 0 Å². The Hall–Kier alpha value is 1.19. The molecule has 0 aliphatic carbocycles.